The topological polar surface area (TPSA) is 12.4 Å². The van der Waals surface area contributed by atoms with Gasteiger partial charge in [-0.3, -0.25) is 4.99 Å². The summed E-state index contributed by atoms with van der Waals surface area (Å²) >= 11 is 1.89. The molecule has 0 spiro atoms. The third-order valence-electron chi connectivity index (χ3n) is 2.79. The molecule has 84 valence electrons. The van der Waals surface area contributed by atoms with Crippen molar-refractivity contribution in [3.8, 4) is 0 Å². The summed E-state index contributed by atoms with van der Waals surface area (Å²) in [5.74, 6) is 0.992. The monoisotopic (exact) mass is 231 g/mol. The van der Waals surface area contributed by atoms with Gasteiger partial charge >= 0.3 is 0 Å². The second kappa shape index (κ2) is 4.46. The summed E-state index contributed by atoms with van der Waals surface area (Å²) in [5.41, 5.74) is 6.26. The van der Waals surface area contributed by atoms with Crippen molar-refractivity contribution in [3.05, 3.63) is 45.5 Å². The van der Waals surface area contributed by atoms with Crippen molar-refractivity contribution < 1.29 is 0 Å². The SMILES string of the molecule is CC1=C(C)SCC(c2cc(C)cc(C)c2)=N1. The van der Waals surface area contributed by atoms with Crippen LogP contribution in [0.15, 0.2) is 33.8 Å². The Bertz CT molecular complexity index is 463. The highest BCUT2D eigenvalue weighted by atomic mass is 32.2. The van der Waals surface area contributed by atoms with Gasteiger partial charge < -0.3 is 0 Å². The first kappa shape index (κ1) is 11.5. The molecule has 0 saturated carbocycles. The van der Waals surface area contributed by atoms with Crippen LogP contribution >= 0.6 is 11.8 Å². The molecule has 0 fully saturated rings. The number of rotatable bonds is 1. The Morgan fingerprint density at radius 1 is 1.00 bits per heavy atom. The average Bonchev–Trinajstić information content (AvgIpc) is 2.20. The molecule has 16 heavy (non-hydrogen) atoms. The molecule has 0 aliphatic carbocycles. The number of aryl methyl sites for hydroxylation is 2. The minimum atomic E-state index is 0.992. The lowest BCUT2D eigenvalue weighted by atomic mass is 10.0. The molecule has 0 radical (unpaired) electrons. The van der Waals surface area contributed by atoms with Crippen LogP contribution in [0.2, 0.25) is 0 Å². The van der Waals surface area contributed by atoms with Crippen molar-refractivity contribution >= 4 is 17.5 Å². The Kier molecular flexibility index (Phi) is 3.20. The summed E-state index contributed by atoms with van der Waals surface area (Å²) in [4.78, 5) is 6.03. The first-order valence-electron chi connectivity index (χ1n) is 5.53. The Balaban J connectivity index is 2.42. The Morgan fingerprint density at radius 2 is 1.62 bits per heavy atom. The molecule has 2 rings (SSSR count). The molecule has 0 atom stereocenters. The number of aliphatic imine (C=N–C) groups is 1. The predicted octanol–water partition coefficient (Wildman–Crippen LogP) is 4.09. The van der Waals surface area contributed by atoms with Crippen LogP contribution in [0.3, 0.4) is 0 Å². The lowest BCUT2D eigenvalue weighted by molar-refractivity contribution is 1.24. The first-order valence-corrected chi connectivity index (χ1v) is 6.51. The van der Waals surface area contributed by atoms with Crippen LogP contribution < -0.4 is 0 Å². The fraction of sp³-hybridized carbons (Fsp3) is 0.357. The van der Waals surface area contributed by atoms with Gasteiger partial charge in [-0.25, -0.2) is 0 Å². The van der Waals surface area contributed by atoms with Gasteiger partial charge in [0.15, 0.2) is 0 Å². The lowest BCUT2D eigenvalue weighted by Gasteiger charge is -2.15. The van der Waals surface area contributed by atoms with E-state index in [0.29, 0.717) is 0 Å². The highest BCUT2D eigenvalue weighted by Crippen LogP contribution is 2.27. The maximum atomic E-state index is 4.69. The van der Waals surface area contributed by atoms with Gasteiger partial charge in [0.05, 0.1) is 5.71 Å². The molecule has 1 aliphatic heterocycles. The Morgan fingerprint density at radius 3 is 2.19 bits per heavy atom. The van der Waals surface area contributed by atoms with E-state index >= 15 is 0 Å². The molecule has 0 saturated heterocycles. The molecule has 1 aliphatic rings. The van der Waals surface area contributed by atoms with Gasteiger partial charge in [-0.2, -0.15) is 0 Å². The number of allylic oxidation sites excluding steroid dienone is 2. The molecule has 1 aromatic carbocycles. The minimum absolute atomic E-state index is 0.992. The van der Waals surface area contributed by atoms with Crippen molar-refractivity contribution in [3.63, 3.8) is 0 Å². The highest BCUT2D eigenvalue weighted by Gasteiger charge is 2.12. The summed E-state index contributed by atoms with van der Waals surface area (Å²) < 4.78 is 0. The molecule has 0 aromatic heterocycles. The highest BCUT2D eigenvalue weighted by molar-refractivity contribution is 8.03. The molecule has 0 N–H and O–H groups in total. The van der Waals surface area contributed by atoms with Gasteiger partial charge in [-0.05, 0) is 33.3 Å². The smallest absolute Gasteiger partial charge is 0.0582 e. The summed E-state index contributed by atoms with van der Waals surface area (Å²) in [6, 6.07) is 6.65. The second-order valence-corrected chi connectivity index (χ2v) is 5.55. The molecule has 2 heteroatoms. The van der Waals surface area contributed by atoms with Gasteiger partial charge in [0.1, 0.15) is 0 Å². The van der Waals surface area contributed by atoms with Gasteiger partial charge in [-0.1, -0.05) is 29.3 Å². The zero-order valence-electron chi connectivity index (χ0n) is 10.3. The predicted molar refractivity (Wildman–Crippen MR) is 73.3 cm³/mol. The zero-order chi connectivity index (χ0) is 11.7. The van der Waals surface area contributed by atoms with Crippen LogP contribution in [-0.4, -0.2) is 11.5 Å². The maximum absolute atomic E-state index is 4.69. The second-order valence-electron chi connectivity index (χ2n) is 4.37. The van der Waals surface area contributed by atoms with Crippen molar-refractivity contribution in [1.82, 2.24) is 0 Å². The van der Waals surface area contributed by atoms with Crippen molar-refractivity contribution in [2.24, 2.45) is 4.99 Å². The van der Waals surface area contributed by atoms with E-state index in [1.54, 1.807) is 0 Å². The number of hydrogen-bond acceptors (Lipinski definition) is 2. The quantitative estimate of drug-likeness (QED) is 0.709. The molecule has 0 bridgehead atoms. The number of hydrogen-bond donors (Lipinski definition) is 0. The normalized spacial score (nSPS) is 16.4. The van der Waals surface area contributed by atoms with E-state index in [9.17, 15) is 0 Å². The van der Waals surface area contributed by atoms with E-state index < -0.39 is 0 Å². The molecule has 1 aromatic rings. The van der Waals surface area contributed by atoms with Gasteiger partial charge in [0.2, 0.25) is 0 Å². The van der Waals surface area contributed by atoms with Gasteiger partial charge in [0.25, 0.3) is 0 Å². The molecule has 0 amide bonds. The fourth-order valence-corrected chi connectivity index (χ4v) is 2.72. The van der Waals surface area contributed by atoms with Crippen LogP contribution in [0.4, 0.5) is 0 Å². The Hall–Kier alpha value is -1.02. The molecule has 1 nitrogen and oxygen atoms in total. The largest absolute Gasteiger partial charge is 0.256 e. The van der Waals surface area contributed by atoms with Crippen LogP contribution in [0.1, 0.15) is 30.5 Å². The molecule has 0 unspecified atom stereocenters. The molecular formula is C14H17NS. The summed E-state index contributed by atoms with van der Waals surface area (Å²) in [6.07, 6.45) is 0. The first-order chi connectivity index (χ1) is 7.56. The zero-order valence-corrected chi connectivity index (χ0v) is 11.1. The van der Waals surface area contributed by atoms with E-state index in [0.717, 1.165) is 11.4 Å². The van der Waals surface area contributed by atoms with E-state index in [2.05, 4.69) is 45.9 Å². The van der Waals surface area contributed by atoms with Crippen LogP contribution in [0.25, 0.3) is 0 Å². The number of benzene rings is 1. The van der Waals surface area contributed by atoms with Crippen LogP contribution in [-0.2, 0) is 0 Å². The third-order valence-corrected chi connectivity index (χ3v) is 3.94. The number of nitrogens with zero attached hydrogens (tertiary/aromatic N) is 1. The van der Waals surface area contributed by atoms with Crippen LogP contribution in [0.5, 0.6) is 0 Å². The lowest BCUT2D eigenvalue weighted by Crippen LogP contribution is -2.09. The van der Waals surface area contributed by atoms with Crippen molar-refractivity contribution in [2.75, 3.05) is 5.75 Å². The van der Waals surface area contributed by atoms with Crippen molar-refractivity contribution in [2.45, 2.75) is 27.7 Å². The minimum Gasteiger partial charge on any atom is -0.256 e. The molecule has 1 heterocycles. The third kappa shape index (κ3) is 2.38. The van der Waals surface area contributed by atoms with Gasteiger partial charge in [0, 0.05) is 16.4 Å². The van der Waals surface area contributed by atoms with Crippen LogP contribution in [0, 0.1) is 13.8 Å². The summed E-state index contributed by atoms with van der Waals surface area (Å²) in [7, 11) is 0. The Labute approximate surface area is 102 Å². The standard InChI is InChI=1S/C14H17NS/c1-9-5-10(2)7-13(6-9)14-8-16-12(4)11(3)15-14/h5-7H,8H2,1-4H3. The summed E-state index contributed by atoms with van der Waals surface area (Å²) in [6.45, 7) is 8.51. The van der Waals surface area contributed by atoms with E-state index in [1.165, 1.54) is 27.3 Å². The van der Waals surface area contributed by atoms with E-state index in [4.69, 9.17) is 4.99 Å². The van der Waals surface area contributed by atoms with Crippen molar-refractivity contribution in [1.29, 1.82) is 0 Å². The fourth-order valence-electron chi connectivity index (χ4n) is 1.88. The average molecular weight is 231 g/mol. The summed E-state index contributed by atoms with van der Waals surface area (Å²) in [5, 5.41) is 0. The van der Waals surface area contributed by atoms with E-state index in [1.807, 2.05) is 11.8 Å². The van der Waals surface area contributed by atoms with Gasteiger partial charge in [-0.15, -0.1) is 11.8 Å². The number of thioether (sulfide) groups is 1. The van der Waals surface area contributed by atoms with E-state index in [-0.39, 0.29) is 0 Å². The maximum Gasteiger partial charge on any atom is 0.0582 e. The molecular weight excluding hydrogens is 214 g/mol.